The zero-order valence-corrected chi connectivity index (χ0v) is 14.4. The number of aryl methyl sites for hydroxylation is 2. The van der Waals surface area contributed by atoms with Crippen LogP contribution < -0.4 is 5.56 Å². The molecule has 2 aromatic heterocycles. The van der Waals surface area contributed by atoms with Crippen LogP contribution in [0.3, 0.4) is 0 Å². The van der Waals surface area contributed by atoms with Gasteiger partial charge < -0.3 is 4.57 Å². The Kier molecular flexibility index (Phi) is 4.84. The van der Waals surface area contributed by atoms with E-state index >= 15 is 0 Å². The maximum atomic E-state index is 12.6. The Morgan fingerprint density at radius 1 is 1.38 bits per heavy atom. The SMILES string of the molecule is C=CCn1c(C)cc(C(=O)Cn2nc(C)c(C)c(C#N)c2=O)c1C. The van der Waals surface area contributed by atoms with Crippen molar-refractivity contribution in [1.29, 1.82) is 5.26 Å². The van der Waals surface area contributed by atoms with Gasteiger partial charge in [0, 0.05) is 23.5 Å². The van der Waals surface area contributed by atoms with E-state index in [2.05, 4.69) is 11.7 Å². The maximum absolute atomic E-state index is 12.6. The highest BCUT2D eigenvalue weighted by molar-refractivity contribution is 5.97. The highest BCUT2D eigenvalue weighted by Gasteiger charge is 2.18. The normalized spacial score (nSPS) is 10.5. The van der Waals surface area contributed by atoms with E-state index in [1.54, 1.807) is 26.0 Å². The van der Waals surface area contributed by atoms with Crippen molar-refractivity contribution >= 4 is 5.78 Å². The van der Waals surface area contributed by atoms with Crippen molar-refractivity contribution in [2.24, 2.45) is 0 Å². The summed E-state index contributed by atoms with van der Waals surface area (Å²) in [5.74, 6) is -0.208. The van der Waals surface area contributed by atoms with E-state index in [4.69, 9.17) is 5.26 Å². The molecule has 0 saturated heterocycles. The molecule has 24 heavy (non-hydrogen) atoms. The fourth-order valence-corrected chi connectivity index (χ4v) is 2.73. The van der Waals surface area contributed by atoms with E-state index in [1.165, 1.54) is 0 Å². The molecule has 0 aromatic carbocycles. The standard InChI is InChI=1S/C18H20N4O2/c1-6-7-21-11(2)8-15(14(21)5)17(23)10-22-18(24)16(9-19)12(3)13(4)20-22/h6,8H,1,7,10H2,2-5H3. The van der Waals surface area contributed by atoms with Crippen molar-refractivity contribution in [2.75, 3.05) is 0 Å². The summed E-state index contributed by atoms with van der Waals surface area (Å²) < 4.78 is 3.06. The lowest BCUT2D eigenvalue weighted by Crippen LogP contribution is -2.30. The first-order valence-corrected chi connectivity index (χ1v) is 7.61. The van der Waals surface area contributed by atoms with Gasteiger partial charge in [-0.15, -0.1) is 6.58 Å². The molecule has 0 radical (unpaired) electrons. The molecule has 2 heterocycles. The van der Waals surface area contributed by atoms with Gasteiger partial charge in [0.05, 0.1) is 5.69 Å². The summed E-state index contributed by atoms with van der Waals surface area (Å²) in [5, 5.41) is 13.3. The molecule has 0 aliphatic heterocycles. The Morgan fingerprint density at radius 2 is 2.04 bits per heavy atom. The van der Waals surface area contributed by atoms with Gasteiger partial charge in [0.25, 0.3) is 5.56 Å². The van der Waals surface area contributed by atoms with E-state index in [0.29, 0.717) is 23.4 Å². The van der Waals surface area contributed by atoms with Gasteiger partial charge in [-0.2, -0.15) is 10.4 Å². The lowest BCUT2D eigenvalue weighted by molar-refractivity contribution is 0.0964. The Hall–Kier alpha value is -2.94. The van der Waals surface area contributed by atoms with Crippen LogP contribution in [-0.2, 0) is 13.1 Å². The maximum Gasteiger partial charge on any atom is 0.285 e. The Labute approximate surface area is 140 Å². The van der Waals surface area contributed by atoms with Crippen LogP contribution in [0.5, 0.6) is 0 Å². The van der Waals surface area contributed by atoms with Gasteiger partial charge in [-0.3, -0.25) is 9.59 Å². The van der Waals surface area contributed by atoms with Crippen molar-refractivity contribution in [3.05, 3.63) is 62.8 Å². The quantitative estimate of drug-likeness (QED) is 0.624. The molecule has 2 rings (SSSR count). The van der Waals surface area contributed by atoms with Crippen molar-refractivity contribution < 1.29 is 4.79 Å². The first kappa shape index (κ1) is 17.4. The van der Waals surface area contributed by atoms with Gasteiger partial charge in [0.15, 0.2) is 5.78 Å². The number of aromatic nitrogens is 3. The predicted molar refractivity (Wildman–Crippen MR) is 91.1 cm³/mol. The lowest BCUT2D eigenvalue weighted by Gasteiger charge is -2.09. The molecule has 124 valence electrons. The fourth-order valence-electron chi connectivity index (χ4n) is 2.73. The highest BCUT2D eigenvalue weighted by atomic mass is 16.1. The lowest BCUT2D eigenvalue weighted by atomic mass is 10.1. The number of nitriles is 1. The Balaban J connectivity index is 2.44. The number of nitrogens with zero attached hydrogens (tertiary/aromatic N) is 4. The second kappa shape index (κ2) is 6.67. The van der Waals surface area contributed by atoms with Crippen LogP contribution in [0.2, 0.25) is 0 Å². The smallest absolute Gasteiger partial charge is 0.285 e. The number of allylic oxidation sites excluding steroid dienone is 1. The van der Waals surface area contributed by atoms with Crippen LogP contribution in [0.15, 0.2) is 23.5 Å². The van der Waals surface area contributed by atoms with Crippen LogP contribution in [0.25, 0.3) is 0 Å². The predicted octanol–water partition coefficient (Wildman–Crippen LogP) is 2.22. The second-order valence-corrected chi connectivity index (χ2v) is 5.77. The van der Waals surface area contributed by atoms with Crippen molar-refractivity contribution in [3.63, 3.8) is 0 Å². The summed E-state index contributed by atoms with van der Waals surface area (Å²) in [7, 11) is 0. The first-order chi connectivity index (χ1) is 11.3. The largest absolute Gasteiger partial charge is 0.345 e. The molecule has 0 bridgehead atoms. The van der Waals surface area contributed by atoms with Crippen LogP contribution in [0, 0.1) is 39.0 Å². The van der Waals surface area contributed by atoms with Crippen molar-refractivity contribution in [1.82, 2.24) is 14.3 Å². The summed E-state index contributed by atoms with van der Waals surface area (Å²) in [5.41, 5.74) is 2.95. The molecule has 0 spiro atoms. The number of Topliss-reactive ketones (excluding diaryl/α,β-unsaturated/α-hetero) is 1. The van der Waals surface area contributed by atoms with Gasteiger partial charge in [-0.1, -0.05) is 6.08 Å². The summed E-state index contributed by atoms with van der Waals surface area (Å²) >= 11 is 0. The minimum absolute atomic E-state index is 0.0347. The molecule has 6 heteroatoms. The van der Waals surface area contributed by atoms with Crippen LogP contribution in [0.4, 0.5) is 0 Å². The number of carbonyl (C=O) groups excluding carboxylic acids is 1. The van der Waals surface area contributed by atoms with Gasteiger partial charge in [-0.25, -0.2) is 4.68 Å². The Bertz CT molecular complexity index is 926. The molecule has 6 nitrogen and oxygen atoms in total. The number of carbonyl (C=O) groups is 1. The number of rotatable bonds is 5. The molecular weight excluding hydrogens is 304 g/mol. The number of ketones is 1. The van der Waals surface area contributed by atoms with Gasteiger partial charge >= 0.3 is 0 Å². The minimum Gasteiger partial charge on any atom is -0.345 e. The zero-order chi connectivity index (χ0) is 18.0. The third-order valence-corrected chi connectivity index (χ3v) is 4.23. The van der Waals surface area contributed by atoms with E-state index in [1.807, 2.05) is 24.5 Å². The van der Waals surface area contributed by atoms with Crippen LogP contribution in [0.1, 0.15) is 38.6 Å². The summed E-state index contributed by atoms with van der Waals surface area (Å²) in [6.07, 6.45) is 1.77. The molecule has 0 N–H and O–H groups in total. The third kappa shape index (κ3) is 2.93. The summed E-state index contributed by atoms with van der Waals surface area (Å²) in [6.45, 7) is 11.3. The third-order valence-electron chi connectivity index (χ3n) is 4.23. The number of hydrogen-bond donors (Lipinski definition) is 0. The molecule has 0 unspecified atom stereocenters. The van der Waals surface area contributed by atoms with E-state index < -0.39 is 5.56 Å². The second-order valence-electron chi connectivity index (χ2n) is 5.77. The number of hydrogen-bond acceptors (Lipinski definition) is 4. The van der Waals surface area contributed by atoms with E-state index in [-0.39, 0.29) is 17.9 Å². The summed E-state index contributed by atoms with van der Waals surface area (Å²) in [6, 6.07) is 3.70. The summed E-state index contributed by atoms with van der Waals surface area (Å²) in [4.78, 5) is 24.9. The molecular formula is C18H20N4O2. The van der Waals surface area contributed by atoms with Crippen molar-refractivity contribution in [3.8, 4) is 6.07 Å². The van der Waals surface area contributed by atoms with Crippen LogP contribution >= 0.6 is 0 Å². The van der Waals surface area contributed by atoms with Crippen molar-refractivity contribution in [2.45, 2.75) is 40.8 Å². The molecule has 0 amide bonds. The highest BCUT2D eigenvalue weighted by Crippen LogP contribution is 2.16. The monoisotopic (exact) mass is 324 g/mol. The molecule has 0 aliphatic rings. The fraction of sp³-hybridized carbons (Fsp3) is 0.333. The van der Waals surface area contributed by atoms with Crippen LogP contribution in [-0.4, -0.2) is 20.1 Å². The van der Waals surface area contributed by atoms with Gasteiger partial charge in [0.1, 0.15) is 18.2 Å². The van der Waals surface area contributed by atoms with E-state index in [0.717, 1.165) is 16.1 Å². The molecule has 0 saturated carbocycles. The average Bonchev–Trinajstić information content (AvgIpc) is 2.82. The minimum atomic E-state index is -0.533. The molecule has 0 fully saturated rings. The Morgan fingerprint density at radius 3 is 2.62 bits per heavy atom. The molecule has 2 aromatic rings. The zero-order valence-electron chi connectivity index (χ0n) is 14.4. The molecule has 0 aliphatic carbocycles. The van der Waals surface area contributed by atoms with Gasteiger partial charge in [-0.05, 0) is 39.3 Å². The molecule has 0 atom stereocenters. The topological polar surface area (TPSA) is 80.7 Å². The van der Waals surface area contributed by atoms with E-state index in [9.17, 15) is 9.59 Å². The van der Waals surface area contributed by atoms with Gasteiger partial charge in [0.2, 0.25) is 0 Å². The average molecular weight is 324 g/mol. The first-order valence-electron chi connectivity index (χ1n) is 7.61.